The number of carbonyl (C=O) groups is 1. The Morgan fingerprint density at radius 1 is 1.19 bits per heavy atom. The number of nitriles is 1. The summed E-state index contributed by atoms with van der Waals surface area (Å²) in [6.07, 6.45) is 1.84. The number of fused-ring (bicyclic) bond motifs is 2. The Morgan fingerprint density at radius 3 is 2.84 bits per heavy atom. The Labute approximate surface area is 189 Å². The van der Waals surface area contributed by atoms with Gasteiger partial charge in [-0.15, -0.1) is 0 Å². The van der Waals surface area contributed by atoms with Crippen LogP contribution in [0.2, 0.25) is 0 Å². The first kappa shape index (κ1) is 20.0. The zero-order valence-corrected chi connectivity index (χ0v) is 18.2. The van der Waals surface area contributed by atoms with Crippen molar-refractivity contribution < 1.29 is 14.3 Å². The highest BCUT2D eigenvalue weighted by molar-refractivity contribution is 7.13. The summed E-state index contributed by atoms with van der Waals surface area (Å²) >= 11 is 1.45. The molecule has 4 aromatic rings. The van der Waals surface area contributed by atoms with E-state index in [9.17, 15) is 10.1 Å². The standard InChI is InChI=1S/C25H19N3O3S/c1-15-21-12-19(6-9-24(21)32-28-15)27-25(29)16-4-7-20(8-5-16)31-23-13-22-17(3-2-10-30-22)11-18(23)14-26/h4-9,11-13H,2-3,10H2,1H3,(H,27,29). The van der Waals surface area contributed by atoms with Gasteiger partial charge in [0.05, 0.1) is 22.6 Å². The van der Waals surface area contributed by atoms with Crippen LogP contribution < -0.4 is 14.8 Å². The predicted octanol–water partition coefficient (Wildman–Crippen LogP) is 5.85. The maximum Gasteiger partial charge on any atom is 0.255 e. The molecule has 158 valence electrons. The molecule has 1 amide bonds. The smallest absolute Gasteiger partial charge is 0.255 e. The van der Waals surface area contributed by atoms with Crippen LogP contribution in [0.4, 0.5) is 5.69 Å². The van der Waals surface area contributed by atoms with Gasteiger partial charge in [0.25, 0.3) is 5.91 Å². The van der Waals surface area contributed by atoms with Gasteiger partial charge in [-0.2, -0.15) is 9.64 Å². The lowest BCUT2D eigenvalue weighted by atomic mass is 10.0. The second-order valence-electron chi connectivity index (χ2n) is 7.58. The molecule has 5 rings (SSSR count). The number of aryl methyl sites for hydroxylation is 2. The highest BCUT2D eigenvalue weighted by Gasteiger charge is 2.16. The molecule has 1 aliphatic heterocycles. The van der Waals surface area contributed by atoms with E-state index in [-0.39, 0.29) is 5.91 Å². The molecule has 0 spiro atoms. The number of aromatic nitrogens is 1. The molecule has 1 aliphatic rings. The summed E-state index contributed by atoms with van der Waals surface area (Å²) in [5.74, 6) is 1.53. The number of hydrogen-bond donors (Lipinski definition) is 1. The number of carbonyl (C=O) groups excluding carboxylic acids is 1. The number of rotatable bonds is 4. The molecule has 0 bridgehead atoms. The van der Waals surface area contributed by atoms with Crippen molar-refractivity contribution in [1.29, 1.82) is 5.26 Å². The lowest BCUT2D eigenvalue weighted by Crippen LogP contribution is -2.11. The van der Waals surface area contributed by atoms with Crippen molar-refractivity contribution in [1.82, 2.24) is 4.37 Å². The van der Waals surface area contributed by atoms with Gasteiger partial charge in [0.2, 0.25) is 0 Å². The van der Waals surface area contributed by atoms with Gasteiger partial charge in [0.1, 0.15) is 23.3 Å². The van der Waals surface area contributed by atoms with E-state index in [0.29, 0.717) is 29.2 Å². The third kappa shape index (κ3) is 3.88. The van der Waals surface area contributed by atoms with Crippen molar-refractivity contribution in [2.75, 3.05) is 11.9 Å². The summed E-state index contributed by atoms with van der Waals surface area (Å²) < 4.78 is 17.1. The summed E-state index contributed by atoms with van der Waals surface area (Å²) in [6.45, 7) is 2.62. The molecular weight excluding hydrogens is 422 g/mol. The average Bonchev–Trinajstić information content (AvgIpc) is 3.19. The molecule has 0 saturated heterocycles. The number of ether oxygens (including phenoxy) is 2. The normalized spacial score (nSPS) is 12.5. The van der Waals surface area contributed by atoms with E-state index in [0.717, 1.165) is 45.6 Å². The Morgan fingerprint density at radius 2 is 2.03 bits per heavy atom. The number of nitrogens with one attached hydrogen (secondary N) is 1. The molecule has 0 fully saturated rings. The maximum atomic E-state index is 12.7. The molecule has 0 aliphatic carbocycles. The molecule has 6 nitrogen and oxygen atoms in total. The largest absolute Gasteiger partial charge is 0.493 e. The van der Waals surface area contributed by atoms with Gasteiger partial charge in [0.15, 0.2) is 0 Å². The molecule has 2 heterocycles. The minimum Gasteiger partial charge on any atom is -0.493 e. The summed E-state index contributed by atoms with van der Waals surface area (Å²) in [5, 5.41) is 13.5. The van der Waals surface area contributed by atoms with Crippen molar-refractivity contribution in [2.24, 2.45) is 0 Å². The van der Waals surface area contributed by atoms with Gasteiger partial charge in [0, 0.05) is 22.7 Å². The minimum absolute atomic E-state index is 0.211. The van der Waals surface area contributed by atoms with E-state index in [2.05, 4.69) is 15.8 Å². The first-order valence-corrected chi connectivity index (χ1v) is 11.0. The van der Waals surface area contributed by atoms with Gasteiger partial charge >= 0.3 is 0 Å². The molecule has 0 radical (unpaired) electrons. The number of benzene rings is 3. The summed E-state index contributed by atoms with van der Waals surface area (Å²) in [5.41, 5.74) is 3.67. The van der Waals surface area contributed by atoms with E-state index in [1.165, 1.54) is 11.5 Å². The van der Waals surface area contributed by atoms with Crippen LogP contribution in [0.1, 0.15) is 33.6 Å². The topological polar surface area (TPSA) is 84.2 Å². The molecule has 1 aromatic heterocycles. The van der Waals surface area contributed by atoms with Gasteiger partial charge in [-0.3, -0.25) is 4.79 Å². The van der Waals surface area contributed by atoms with Crippen LogP contribution >= 0.6 is 11.5 Å². The van der Waals surface area contributed by atoms with Gasteiger partial charge in [-0.25, -0.2) is 0 Å². The minimum atomic E-state index is -0.211. The maximum absolute atomic E-state index is 12.7. The van der Waals surface area contributed by atoms with Gasteiger partial charge in [-0.05, 0) is 85.4 Å². The Hall–Kier alpha value is -3.89. The second kappa shape index (κ2) is 8.33. The van der Waals surface area contributed by atoms with Crippen LogP contribution in [0.15, 0.2) is 54.6 Å². The fourth-order valence-electron chi connectivity index (χ4n) is 3.69. The molecule has 32 heavy (non-hydrogen) atoms. The fraction of sp³-hybridized carbons (Fsp3) is 0.160. The number of hydrogen-bond acceptors (Lipinski definition) is 6. The van der Waals surface area contributed by atoms with Crippen LogP contribution in [0.5, 0.6) is 17.2 Å². The highest BCUT2D eigenvalue weighted by Crippen LogP contribution is 2.35. The molecule has 3 aromatic carbocycles. The van der Waals surface area contributed by atoms with Crippen molar-refractivity contribution in [3.63, 3.8) is 0 Å². The van der Waals surface area contributed by atoms with Crippen LogP contribution in [-0.4, -0.2) is 16.9 Å². The number of anilines is 1. The lowest BCUT2D eigenvalue weighted by molar-refractivity contribution is 0.102. The third-order valence-electron chi connectivity index (χ3n) is 5.38. The first-order valence-electron chi connectivity index (χ1n) is 10.3. The molecule has 7 heteroatoms. The Bertz CT molecular complexity index is 1370. The molecule has 0 saturated carbocycles. The molecule has 0 unspecified atom stereocenters. The van der Waals surface area contributed by atoms with Crippen molar-refractivity contribution in [3.8, 4) is 23.3 Å². The second-order valence-corrected chi connectivity index (χ2v) is 8.38. The van der Waals surface area contributed by atoms with E-state index < -0.39 is 0 Å². The summed E-state index contributed by atoms with van der Waals surface area (Å²) in [7, 11) is 0. The summed E-state index contributed by atoms with van der Waals surface area (Å²) in [6, 6.07) is 18.4. The SMILES string of the molecule is Cc1nsc2ccc(NC(=O)c3ccc(Oc4cc5c(cc4C#N)CCCO5)cc3)cc12. The van der Waals surface area contributed by atoms with Gasteiger partial charge < -0.3 is 14.8 Å². The van der Waals surface area contributed by atoms with Crippen LogP contribution in [0.3, 0.4) is 0 Å². The quantitative estimate of drug-likeness (QED) is 0.430. The van der Waals surface area contributed by atoms with E-state index in [1.807, 2.05) is 31.2 Å². The van der Waals surface area contributed by atoms with Gasteiger partial charge in [-0.1, -0.05) is 0 Å². The van der Waals surface area contributed by atoms with Crippen LogP contribution in [0, 0.1) is 18.3 Å². The molecule has 1 N–H and O–H groups in total. The van der Waals surface area contributed by atoms with E-state index >= 15 is 0 Å². The lowest BCUT2D eigenvalue weighted by Gasteiger charge is -2.19. The first-order chi connectivity index (χ1) is 15.6. The van der Waals surface area contributed by atoms with Crippen molar-refractivity contribution in [3.05, 3.63) is 77.0 Å². The predicted molar refractivity (Wildman–Crippen MR) is 124 cm³/mol. The van der Waals surface area contributed by atoms with E-state index in [1.54, 1.807) is 30.3 Å². The fourth-order valence-corrected chi connectivity index (χ4v) is 4.46. The number of amides is 1. The Balaban J connectivity index is 1.32. The molecule has 0 atom stereocenters. The van der Waals surface area contributed by atoms with Crippen LogP contribution in [-0.2, 0) is 6.42 Å². The highest BCUT2D eigenvalue weighted by atomic mass is 32.1. The zero-order chi connectivity index (χ0) is 22.1. The molecular formula is C25H19N3O3S. The summed E-state index contributed by atoms with van der Waals surface area (Å²) in [4.78, 5) is 12.7. The Kier molecular flexibility index (Phi) is 5.21. The zero-order valence-electron chi connectivity index (χ0n) is 17.3. The number of nitrogens with zero attached hydrogens (tertiary/aromatic N) is 2. The average molecular weight is 442 g/mol. The van der Waals surface area contributed by atoms with Crippen molar-refractivity contribution in [2.45, 2.75) is 19.8 Å². The van der Waals surface area contributed by atoms with E-state index in [4.69, 9.17) is 9.47 Å². The third-order valence-corrected chi connectivity index (χ3v) is 6.30. The monoisotopic (exact) mass is 441 g/mol. The van der Waals surface area contributed by atoms with Crippen LogP contribution in [0.25, 0.3) is 10.1 Å². The van der Waals surface area contributed by atoms with Crippen molar-refractivity contribution >= 4 is 33.2 Å².